The van der Waals surface area contributed by atoms with Gasteiger partial charge in [-0.25, -0.2) is 4.98 Å². The number of rotatable bonds is 1. The van der Waals surface area contributed by atoms with Gasteiger partial charge in [-0.2, -0.15) is 9.61 Å². The van der Waals surface area contributed by atoms with Crippen LogP contribution in [0.4, 0.5) is 11.5 Å². The number of benzene rings is 1. The number of amides is 1. The SMILES string of the molecule is COc1ccc2cc1Nc1nc3c(cnn3c3[nH]ccc13)C(=O)N[C@H](C)COC2. The van der Waals surface area contributed by atoms with E-state index in [4.69, 9.17) is 14.5 Å². The summed E-state index contributed by atoms with van der Waals surface area (Å²) in [5.74, 6) is 1.05. The number of anilines is 2. The summed E-state index contributed by atoms with van der Waals surface area (Å²) in [7, 11) is 1.62. The van der Waals surface area contributed by atoms with Crippen molar-refractivity contribution in [3.05, 3.63) is 47.8 Å². The van der Waals surface area contributed by atoms with Gasteiger partial charge in [-0.1, -0.05) is 6.07 Å². The van der Waals surface area contributed by atoms with E-state index in [1.54, 1.807) is 11.6 Å². The van der Waals surface area contributed by atoms with Crippen molar-refractivity contribution >= 4 is 34.1 Å². The number of methoxy groups -OCH3 is 1. The quantitative estimate of drug-likeness (QED) is 0.460. The van der Waals surface area contributed by atoms with E-state index < -0.39 is 0 Å². The Balaban J connectivity index is 1.74. The van der Waals surface area contributed by atoms with Crippen LogP contribution in [0.5, 0.6) is 5.75 Å². The van der Waals surface area contributed by atoms with Crippen molar-refractivity contribution in [2.45, 2.75) is 19.6 Å². The lowest BCUT2D eigenvalue weighted by Crippen LogP contribution is -2.35. The van der Waals surface area contributed by atoms with Crippen LogP contribution in [-0.4, -0.2) is 45.2 Å². The standard InChI is InChI=1S/C20H20N6O3/c1-11-9-29-10-12-3-4-16(28-2)15(7-12)24-17-13-5-6-21-18(13)26-19(25-17)14(8-22-26)20(27)23-11/h3-8,11,21H,9-10H2,1-2H3,(H,23,27)(H,24,25)/t11-/m1/s1. The normalized spacial score (nSPS) is 17.2. The molecular weight excluding hydrogens is 372 g/mol. The second-order valence-electron chi connectivity index (χ2n) is 7.04. The predicted octanol–water partition coefficient (Wildman–Crippen LogP) is 2.61. The second kappa shape index (κ2) is 6.78. The maximum absolute atomic E-state index is 12.8. The van der Waals surface area contributed by atoms with Crippen LogP contribution >= 0.6 is 0 Å². The molecule has 9 nitrogen and oxygen atoms in total. The average molecular weight is 392 g/mol. The number of carbonyl (C=O) groups excluding carboxylic acids is 1. The summed E-state index contributed by atoms with van der Waals surface area (Å²) in [5, 5.41) is 11.5. The van der Waals surface area contributed by atoms with Gasteiger partial charge in [0.2, 0.25) is 0 Å². The molecule has 4 heterocycles. The number of nitrogens with zero attached hydrogens (tertiary/aromatic N) is 3. The van der Waals surface area contributed by atoms with Crippen molar-refractivity contribution in [2.24, 2.45) is 0 Å². The Hall–Kier alpha value is -3.59. The minimum absolute atomic E-state index is 0.162. The number of hydrogen-bond acceptors (Lipinski definition) is 6. The summed E-state index contributed by atoms with van der Waals surface area (Å²) in [4.78, 5) is 20.7. The molecule has 0 fully saturated rings. The van der Waals surface area contributed by atoms with Gasteiger partial charge in [0.1, 0.15) is 22.8 Å². The van der Waals surface area contributed by atoms with Crippen LogP contribution in [0.2, 0.25) is 0 Å². The zero-order chi connectivity index (χ0) is 20.0. The average Bonchev–Trinajstić information content (AvgIpc) is 3.34. The summed E-state index contributed by atoms with van der Waals surface area (Å²) < 4.78 is 12.9. The van der Waals surface area contributed by atoms with Crippen LogP contribution in [0.25, 0.3) is 16.7 Å². The molecule has 4 bridgehead atoms. The molecule has 1 amide bonds. The highest BCUT2D eigenvalue weighted by molar-refractivity contribution is 6.02. The Morgan fingerprint density at radius 2 is 2.21 bits per heavy atom. The van der Waals surface area contributed by atoms with Gasteiger partial charge in [-0.3, -0.25) is 4.79 Å². The molecule has 3 aromatic heterocycles. The van der Waals surface area contributed by atoms with E-state index in [2.05, 4.69) is 20.7 Å². The minimum atomic E-state index is -0.242. The molecule has 0 spiro atoms. The molecule has 1 aliphatic rings. The van der Waals surface area contributed by atoms with Crippen molar-refractivity contribution < 1.29 is 14.3 Å². The number of carbonyl (C=O) groups is 1. The van der Waals surface area contributed by atoms with Crippen molar-refractivity contribution in [2.75, 3.05) is 19.0 Å². The molecule has 148 valence electrons. The zero-order valence-electron chi connectivity index (χ0n) is 16.0. The van der Waals surface area contributed by atoms with Gasteiger partial charge in [0.25, 0.3) is 5.91 Å². The molecule has 0 aliphatic carbocycles. The van der Waals surface area contributed by atoms with Crippen LogP contribution in [0, 0.1) is 0 Å². The molecule has 5 rings (SSSR count). The topological polar surface area (TPSA) is 106 Å². The molecule has 4 aromatic rings. The number of fused-ring (bicyclic) bond motifs is 6. The molecule has 3 N–H and O–H groups in total. The molecule has 29 heavy (non-hydrogen) atoms. The van der Waals surface area contributed by atoms with Gasteiger partial charge in [0.05, 0.1) is 37.6 Å². The van der Waals surface area contributed by atoms with Gasteiger partial charge in [0, 0.05) is 12.2 Å². The number of H-pyrrole nitrogens is 1. The fraction of sp³-hybridized carbons (Fsp3) is 0.250. The zero-order valence-corrected chi connectivity index (χ0v) is 16.0. The molecule has 9 heteroatoms. The lowest BCUT2D eigenvalue weighted by atomic mass is 10.2. The van der Waals surface area contributed by atoms with Gasteiger partial charge < -0.3 is 25.1 Å². The number of hydrogen-bond donors (Lipinski definition) is 3. The third kappa shape index (κ3) is 2.95. The lowest BCUT2D eigenvalue weighted by Gasteiger charge is -2.17. The van der Waals surface area contributed by atoms with E-state index in [9.17, 15) is 4.79 Å². The van der Waals surface area contributed by atoms with Crippen LogP contribution < -0.4 is 15.4 Å². The molecule has 0 saturated heterocycles. The van der Waals surface area contributed by atoms with E-state index in [-0.39, 0.29) is 11.9 Å². The summed E-state index contributed by atoms with van der Waals surface area (Å²) in [5.41, 5.74) is 3.36. The van der Waals surface area contributed by atoms with Crippen molar-refractivity contribution in [3.63, 3.8) is 0 Å². The van der Waals surface area contributed by atoms with E-state index in [0.717, 1.165) is 22.3 Å². The first-order valence-corrected chi connectivity index (χ1v) is 9.31. The van der Waals surface area contributed by atoms with Crippen molar-refractivity contribution in [3.8, 4) is 5.75 Å². The lowest BCUT2D eigenvalue weighted by molar-refractivity contribution is 0.0821. The number of nitrogens with one attached hydrogen (secondary N) is 3. The summed E-state index contributed by atoms with van der Waals surface area (Å²) >= 11 is 0. The molecule has 1 aliphatic heterocycles. The number of ether oxygens (including phenoxy) is 2. The summed E-state index contributed by atoms with van der Waals surface area (Å²) in [6, 6.07) is 7.59. The third-order valence-electron chi connectivity index (χ3n) is 4.93. The Morgan fingerprint density at radius 3 is 3.07 bits per heavy atom. The molecular formula is C20H20N6O3. The summed E-state index contributed by atoms with van der Waals surface area (Å²) in [6.45, 7) is 2.71. The van der Waals surface area contributed by atoms with E-state index >= 15 is 0 Å². The first-order valence-electron chi connectivity index (χ1n) is 9.31. The molecule has 0 unspecified atom stereocenters. The van der Waals surface area contributed by atoms with Crippen LogP contribution in [-0.2, 0) is 11.3 Å². The highest BCUT2D eigenvalue weighted by Gasteiger charge is 2.21. The van der Waals surface area contributed by atoms with Crippen LogP contribution in [0.3, 0.4) is 0 Å². The van der Waals surface area contributed by atoms with Gasteiger partial charge in [-0.15, -0.1) is 0 Å². The predicted molar refractivity (Wildman–Crippen MR) is 108 cm³/mol. The molecule has 0 saturated carbocycles. The molecule has 1 atom stereocenters. The molecule has 1 aromatic carbocycles. The number of aromatic amines is 1. The Labute approximate surface area is 166 Å². The van der Waals surface area contributed by atoms with Crippen molar-refractivity contribution in [1.82, 2.24) is 24.9 Å². The van der Waals surface area contributed by atoms with Gasteiger partial charge >= 0.3 is 0 Å². The Kier molecular flexibility index (Phi) is 4.09. The summed E-state index contributed by atoms with van der Waals surface area (Å²) in [6.07, 6.45) is 3.35. The fourth-order valence-electron chi connectivity index (χ4n) is 3.53. The fourth-order valence-corrected chi connectivity index (χ4v) is 3.53. The first kappa shape index (κ1) is 17.5. The van der Waals surface area contributed by atoms with Crippen molar-refractivity contribution in [1.29, 1.82) is 0 Å². The van der Waals surface area contributed by atoms with Crippen LogP contribution in [0.1, 0.15) is 22.8 Å². The maximum atomic E-state index is 12.8. The number of aromatic nitrogens is 4. The van der Waals surface area contributed by atoms with Gasteiger partial charge in [-0.05, 0) is 30.7 Å². The third-order valence-corrected chi connectivity index (χ3v) is 4.93. The first-order chi connectivity index (χ1) is 14.1. The largest absolute Gasteiger partial charge is 0.495 e. The minimum Gasteiger partial charge on any atom is -0.495 e. The van der Waals surface area contributed by atoms with E-state index in [1.165, 1.54) is 6.20 Å². The van der Waals surface area contributed by atoms with E-state index in [1.807, 2.05) is 37.4 Å². The molecule has 0 radical (unpaired) electrons. The van der Waals surface area contributed by atoms with Crippen LogP contribution in [0.15, 0.2) is 36.7 Å². The second-order valence-corrected chi connectivity index (χ2v) is 7.04. The Morgan fingerprint density at radius 1 is 1.31 bits per heavy atom. The highest BCUT2D eigenvalue weighted by Crippen LogP contribution is 2.32. The smallest absolute Gasteiger partial charge is 0.257 e. The highest BCUT2D eigenvalue weighted by atomic mass is 16.5. The monoisotopic (exact) mass is 392 g/mol. The van der Waals surface area contributed by atoms with E-state index in [0.29, 0.717) is 36.0 Å². The maximum Gasteiger partial charge on any atom is 0.257 e. The Bertz CT molecular complexity index is 1230. The van der Waals surface area contributed by atoms with Gasteiger partial charge in [0.15, 0.2) is 5.65 Å².